The van der Waals surface area contributed by atoms with Gasteiger partial charge in [0.15, 0.2) is 0 Å². The van der Waals surface area contributed by atoms with E-state index in [2.05, 4.69) is 10.3 Å². The molecule has 0 amide bonds. The van der Waals surface area contributed by atoms with Crippen molar-refractivity contribution < 1.29 is 14.1 Å². The number of halogens is 1. The molecular weight excluding hydrogens is 264 g/mol. The van der Waals surface area contributed by atoms with Gasteiger partial charge >= 0.3 is 5.97 Å². The number of aromatic nitrogens is 1. The molecule has 0 aliphatic rings. The number of hydrogen-bond acceptors (Lipinski definition) is 4. The highest BCUT2D eigenvalue weighted by Crippen LogP contribution is 2.23. The Morgan fingerprint density at radius 2 is 2.35 bits per heavy atom. The maximum absolute atomic E-state index is 11.1. The van der Waals surface area contributed by atoms with Crippen LogP contribution in [-0.4, -0.2) is 38.3 Å². The lowest BCUT2D eigenvalue weighted by Crippen LogP contribution is -2.21. The van der Waals surface area contributed by atoms with Crippen LogP contribution in [0.4, 0.5) is 5.82 Å². The molecule has 0 aliphatic carbocycles. The van der Waals surface area contributed by atoms with E-state index in [4.69, 9.17) is 16.7 Å². The molecule has 7 heteroatoms. The van der Waals surface area contributed by atoms with E-state index in [1.165, 1.54) is 12.3 Å². The van der Waals surface area contributed by atoms with E-state index in [9.17, 15) is 9.00 Å². The summed E-state index contributed by atoms with van der Waals surface area (Å²) in [7, 11) is -0.954. The van der Waals surface area contributed by atoms with Gasteiger partial charge in [0.2, 0.25) is 0 Å². The van der Waals surface area contributed by atoms with Crippen molar-refractivity contribution in [3.05, 3.63) is 22.8 Å². The number of hydrogen-bond donors (Lipinski definition) is 2. The fourth-order valence-electron chi connectivity index (χ4n) is 1.09. The van der Waals surface area contributed by atoms with Crippen molar-refractivity contribution >= 4 is 34.2 Å². The van der Waals surface area contributed by atoms with Crippen LogP contribution in [0.5, 0.6) is 0 Å². The lowest BCUT2D eigenvalue weighted by molar-refractivity contribution is 0.0697. The third kappa shape index (κ3) is 3.67. The van der Waals surface area contributed by atoms with Crippen LogP contribution in [0, 0.1) is 0 Å². The fraction of sp³-hybridized carbons (Fsp3) is 0.400. The Kier molecular flexibility index (Phi) is 4.89. The summed E-state index contributed by atoms with van der Waals surface area (Å²) in [4.78, 5) is 14.8. The first-order valence-corrected chi connectivity index (χ1v) is 6.87. The van der Waals surface area contributed by atoms with Crippen molar-refractivity contribution in [2.75, 3.05) is 18.1 Å². The summed E-state index contributed by atoms with van der Waals surface area (Å²) < 4.78 is 11.1. The molecular formula is C10H13ClN2O3S. The SMILES string of the molecule is CC(CNc1nccc(C(=O)O)c1Cl)S(C)=O. The summed E-state index contributed by atoms with van der Waals surface area (Å²) >= 11 is 5.89. The zero-order valence-electron chi connectivity index (χ0n) is 9.44. The predicted molar refractivity (Wildman–Crippen MR) is 68.2 cm³/mol. The largest absolute Gasteiger partial charge is 0.478 e. The summed E-state index contributed by atoms with van der Waals surface area (Å²) in [6, 6.07) is 1.33. The van der Waals surface area contributed by atoms with Gasteiger partial charge < -0.3 is 10.4 Å². The van der Waals surface area contributed by atoms with Crippen LogP contribution in [0.15, 0.2) is 12.3 Å². The van der Waals surface area contributed by atoms with Gasteiger partial charge in [-0.3, -0.25) is 4.21 Å². The minimum atomic E-state index is -1.10. The first kappa shape index (κ1) is 13.9. The molecule has 0 spiro atoms. The van der Waals surface area contributed by atoms with Gasteiger partial charge in [-0.1, -0.05) is 11.6 Å². The lowest BCUT2D eigenvalue weighted by atomic mass is 10.2. The molecule has 17 heavy (non-hydrogen) atoms. The number of rotatable bonds is 5. The predicted octanol–water partition coefficient (Wildman–Crippen LogP) is 1.61. The highest BCUT2D eigenvalue weighted by atomic mass is 35.5. The minimum absolute atomic E-state index is 0.00515. The van der Waals surface area contributed by atoms with Gasteiger partial charge in [-0.15, -0.1) is 0 Å². The first-order valence-electron chi connectivity index (χ1n) is 4.87. The number of nitrogens with one attached hydrogen (secondary N) is 1. The van der Waals surface area contributed by atoms with E-state index < -0.39 is 16.8 Å². The zero-order valence-corrected chi connectivity index (χ0v) is 11.0. The fourth-order valence-corrected chi connectivity index (χ4v) is 1.67. The smallest absolute Gasteiger partial charge is 0.337 e. The molecule has 0 aromatic carbocycles. The van der Waals surface area contributed by atoms with Gasteiger partial charge in [0, 0.05) is 35.0 Å². The molecule has 0 radical (unpaired) electrons. The highest BCUT2D eigenvalue weighted by molar-refractivity contribution is 7.84. The molecule has 1 heterocycles. The third-order valence-corrected chi connectivity index (χ3v) is 3.93. The molecule has 1 aromatic heterocycles. The maximum atomic E-state index is 11.1. The monoisotopic (exact) mass is 276 g/mol. The van der Waals surface area contributed by atoms with Crippen LogP contribution < -0.4 is 5.32 Å². The summed E-state index contributed by atoms with van der Waals surface area (Å²) in [5.74, 6) is -0.809. The van der Waals surface area contributed by atoms with Crippen molar-refractivity contribution in [1.82, 2.24) is 4.98 Å². The number of carbonyl (C=O) groups is 1. The van der Waals surface area contributed by atoms with Crippen LogP contribution in [0.2, 0.25) is 5.02 Å². The molecule has 2 unspecified atom stereocenters. The van der Waals surface area contributed by atoms with Crippen molar-refractivity contribution in [2.24, 2.45) is 0 Å². The normalized spacial score (nSPS) is 14.1. The molecule has 0 fully saturated rings. The number of carboxylic acids is 1. The molecule has 5 nitrogen and oxygen atoms in total. The van der Waals surface area contributed by atoms with E-state index in [0.29, 0.717) is 12.4 Å². The molecule has 94 valence electrons. The Morgan fingerprint density at radius 1 is 1.71 bits per heavy atom. The lowest BCUT2D eigenvalue weighted by Gasteiger charge is -2.12. The number of aromatic carboxylic acids is 1. The Labute approximate surface area is 107 Å². The molecule has 0 saturated carbocycles. The average Bonchev–Trinajstić information content (AvgIpc) is 2.26. The third-order valence-electron chi connectivity index (χ3n) is 2.24. The van der Waals surface area contributed by atoms with Gasteiger partial charge in [-0.2, -0.15) is 0 Å². The summed E-state index contributed by atoms with van der Waals surface area (Å²) in [6.07, 6.45) is 2.97. The van der Waals surface area contributed by atoms with Crippen molar-refractivity contribution in [1.29, 1.82) is 0 Å². The second-order valence-corrected chi connectivity index (χ2v) is 5.70. The second kappa shape index (κ2) is 5.97. The van der Waals surface area contributed by atoms with Crippen molar-refractivity contribution in [2.45, 2.75) is 12.2 Å². The first-order chi connectivity index (χ1) is 7.93. The molecule has 0 aliphatic heterocycles. The average molecular weight is 277 g/mol. The van der Waals surface area contributed by atoms with Crippen LogP contribution in [0.25, 0.3) is 0 Å². The van der Waals surface area contributed by atoms with Gasteiger partial charge in [0.25, 0.3) is 0 Å². The Balaban J connectivity index is 2.82. The van der Waals surface area contributed by atoms with Crippen LogP contribution in [0.3, 0.4) is 0 Å². The van der Waals surface area contributed by atoms with Crippen molar-refractivity contribution in [3.8, 4) is 0 Å². The maximum Gasteiger partial charge on any atom is 0.337 e. The van der Waals surface area contributed by atoms with E-state index in [-0.39, 0.29) is 15.8 Å². The van der Waals surface area contributed by atoms with Gasteiger partial charge in [0.05, 0.1) is 10.6 Å². The molecule has 1 aromatic rings. The summed E-state index contributed by atoms with van der Waals surface area (Å²) in [5, 5.41) is 11.8. The van der Waals surface area contributed by atoms with Gasteiger partial charge in [-0.05, 0) is 13.0 Å². The van der Waals surface area contributed by atoms with Crippen LogP contribution in [-0.2, 0) is 10.8 Å². The summed E-state index contributed by atoms with van der Waals surface area (Å²) in [5.41, 5.74) is -0.00515. The Bertz CT molecular complexity index is 453. The van der Waals surface area contributed by atoms with Crippen LogP contribution in [0.1, 0.15) is 17.3 Å². The van der Waals surface area contributed by atoms with Gasteiger partial charge in [0.1, 0.15) is 5.82 Å². The molecule has 1 rings (SSSR count). The Hall–Kier alpha value is -1.14. The van der Waals surface area contributed by atoms with Gasteiger partial charge in [-0.25, -0.2) is 9.78 Å². The molecule has 0 bridgehead atoms. The van der Waals surface area contributed by atoms with E-state index in [1.807, 2.05) is 6.92 Å². The molecule has 0 saturated heterocycles. The van der Waals surface area contributed by atoms with Crippen molar-refractivity contribution in [3.63, 3.8) is 0 Å². The van der Waals surface area contributed by atoms with E-state index in [0.717, 1.165) is 0 Å². The van der Waals surface area contributed by atoms with Crippen LogP contribution >= 0.6 is 11.6 Å². The minimum Gasteiger partial charge on any atom is -0.478 e. The Morgan fingerprint density at radius 3 is 2.88 bits per heavy atom. The highest BCUT2D eigenvalue weighted by Gasteiger charge is 2.14. The zero-order chi connectivity index (χ0) is 13.0. The number of nitrogens with zero attached hydrogens (tertiary/aromatic N) is 1. The van der Waals surface area contributed by atoms with E-state index >= 15 is 0 Å². The topological polar surface area (TPSA) is 79.3 Å². The second-order valence-electron chi connectivity index (χ2n) is 3.52. The number of pyridine rings is 1. The quantitative estimate of drug-likeness (QED) is 0.854. The van der Waals surface area contributed by atoms with E-state index in [1.54, 1.807) is 6.26 Å². The number of anilines is 1. The molecule has 2 atom stereocenters. The molecule has 2 N–H and O–H groups in total. The standard InChI is InChI=1S/C10H13ClN2O3S/c1-6(17(2)16)5-13-9-8(11)7(10(14)15)3-4-12-9/h3-4,6H,5H2,1-2H3,(H,12,13)(H,14,15). The summed E-state index contributed by atoms with van der Waals surface area (Å²) in [6.45, 7) is 2.23. The number of carboxylic acid groups (broad SMARTS) is 1.